The maximum absolute atomic E-state index is 14.3. The van der Waals surface area contributed by atoms with Gasteiger partial charge in [0.2, 0.25) is 11.8 Å². The van der Waals surface area contributed by atoms with Crippen molar-refractivity contribution >= 4 is 21.9 Å². The number of carbonyl (C=O) groups excluding carboxylic acids is 1. The number of hydrogen-bond donors (Lipinski definition) is 1. The molecule has 0 aliphatic carbocycles. The molecule has 10 heteroatoms. The number of amides is 1. The lowest BCUT2D eigenvalue weighted by Crippen LogP contribution is -2.50. The molecule has 234 valence electrons. The fraction of sp³-hybridized carbons (Fsp3) is 0.343. The van der Waals surface area contributed by atoms with E-state index in [0.717, 1.165) is 16.7 Å². The third-order valence-electron chi connectivity index (χ3n) is 8.48. The Morgan fingerprint density at radius 1 is 0.933 bits per heavy atom. The van der Waals surface area contributed by atoms with Crippen LogP contribution in [0.4, 0.5) is 5.95 Å². The number of ether oxygens (including phenoxy) is 1. The second-order valence-electron chi connectivity index (χ2n) is 12.4. The van der Waals surface area contributed by atoms with Gasteiger partial charge in [-0.1, -0.05) is 68.4 Å². The molecular weight excluding hydrogens is 586 g/mol. The van der Waals surface area contributed by atoms with Gasteiger partial charge in [-0.25, -0.2) is 18.1 Å². The first-order valence-corrected chi connectivity index (χ1v) is 16.9. The highest BCUT2D eigenvalue weighted by molar-refractivity contribution is 7.92. The number of aromatic nitrogens is 2. The van der Waals surface area contributed by atoms with Gasteiger partial charge in [0.15, 0.2) is 0 Å². The number of nitrogens with zero attached hydrogens (tertiary/aromatic N) is 4. The molecule has 9 nitrogen and oxygen atoms in total. The monoisotopic (exact) mass is 625 g/mol. The number of hydrogen-bond acceptors (Lipinski definition) is 7. The minimum atomic E-state index is -4.12. The normalized spacial score (nSPS) is 19.8. The Hall–Kier alpha value is -4.28. The first kappa shape index (κ1) is 30.7. The lowest BCUT2D eigenvalue weighted by atomic mass is 9.96. The van der Waals surface area contributed by atoms with E-state index >= 15 is 0 Å². The van der Waals surface area contributed by atoms with E-state index in [1.807, 2.05) is 55.1 Å². The summed E-state index contributed by atoms with van der Waals surface area (Å²) in [5.41, 5.74) is 4.92. The van der Waals surface area contributed by atoms with E-state index in [4.69, 9.17) is 4.74 Å². The lowest BCUT2D eigenvalue weighted by molar-refractivity contribution is 0.0418. The molecule has 3 heterocycles. The van der Waals surface area contributed by atoms with Gasteiger partial charge in [-0.05, 0) is 61.1 Å². The molecule has 2 atom stereocenters. The summed E-state index contributed by atoms with van der Waals surface area (Å²) in [6.07, 6.45) is 0.254. The smallest absolute Gasteiger partial charge is 0.264 e. The van der Waals surface area contributed by atoms with Gasteiger partial charge in [0.1, 0.15) is 6.10 Å². The van der Waals surface area contributed by atoms with Gasteiger partial charge in [0.05, 0.1) is 16.6 Å². The van der Waals surface area contributed by atoms with Crippen molar-refractivity contribution in [3.05, 3.63) is 101 Å². The highest BCUT2D eigenvalue weighted by Gasteiger charge is 2.38. The molecule has 6 rings (SSSR count). The Morgan fingerprint density at radius 3 is 2.40 bits per heavy atom. The van der Waals surface area contributed by atoms with Crippen LogP contribution in [0.15, 0.2) is 83.8 Å². The number of benzene rings is 3. The van der Waals surface area contributed by atoms with Crippen molar-refractivity contribution in [1.29, 1.82) is 0 Å². The molecule has 45 heavy (non-hydrogen) atoms. The van der Waals surface area contributed by atoms with Gasteiger partial charge >= 0.3 is 0 Å². The SMILES string of the molecule is Cc1cccc(C)c1-c1cc2nc(n1)NS(=O)(=O)c1cccc(c1)C(=O)N1CCN(Cc3ccccc3)CC(O2)[C@H]1CC(C)C. The second kappa shape index (κ2) is 12.6. The third-order valence-corrected chi connectivity index (χ3v) is 9.80. The van der Waals surface area contributed by atoms with E-state index < -0.39 is 16.1 Å². The Balaban J connectivity index is 1.53. The van der Waals surface area contributed by atoms with Crippen LogP contribution in [0.25, 0.3) is 11.3 Å². The molecule has 1 fully saturated rings. The van der Waals surface area contributed by atoms with Gasteiger partial charge in [0.25, 0.3) is 15.9 Å². The highest BCUT2D eigenvalue weighted by Crippen LogP contribution is 2.32. The molecule has 1 unspecified atom stereocenters. The summed E-state index contributed by atoms with van der Waals surface area (Å²) in [5, 5.41) is 0. The maximum Gasteiger partial charge on any atom is 0.264 e. The fourth-order valence-electron chi connectivity index (χ4n) is 6.37. The van der Waals surface area contributed by atoms with Crippen LogP contribution >= 0.6 is 0 Å². The van der Waals surface area contributed by atoms with Gasteiger partial charge in [-0.3, -0.25) is 9.69 Å². The Morgan fingerprint density at radius 2 is 1.67 bits per heavy atom. The molecular formula is C35H39N5O4S. The fourth-order valence-corrected chi connectivity index (χ4v) is 7.36. The van der Waals surface area contributed by atoms with E-state index in [0.29, 0.717) is 43.9 Å². The topological polar surface area (TPSA) is 105 Å². The number of aryl methyl sites for hydroxylation is 2. The number of sulfonamides is 1. The molecule has 1 N–H and O–H groups in total. The minimum Gasteiger partial charge on any atom is -0.471 e. The zero-order valence-corrected chi connectivity index (χ0v) is 26.9. The average Bonchev–Trinajstić information content (AvgIpc) is 3.15. The molecule has 2 aliphatic heterocycles. The van der Waals surface area contributed by atoms with Crippen molar-refractivity contribution < 1.29 is 17.9 Å². The summed E-state index contributed by atoms with van der Waals surface area (Å²) in [4.78, 5) is 27.7. The van der Waals surface area contributed by atoms with Crippen LogP contribution < -0.4 is 9.46 Å². The lowest BCUT2D eigenvalue weighted by Gasteiger charge is -2.36. The van der Waals surface area contributed by atoms with Crippen molar-refractivity contribution in [3.63, 3.8) is 0 Å². The van der Waals surface area contributed by atoms with Crippen LogP contribution in [0.5, 0.6) is 5.88 Å². The van der Waals surface area contributed by atoms with Gasteiger partial charge in [-0.2, -0.15) is 4.98 Å². The van der Waals surface area contributed by atoms with Crippen molar-refractivity contribution in [2.45, 2.75) is 57.7 Å². The van der Waals surface area contributed by atoms with E-state index in [1.54, 1.807) is 18.2 Å². The minimum absolute atomic E-state index is 0.0337. The Labute approximate surface area is 265 Å². The average molecular weight is 626 g/mol. The van der Waals surface area contributed by atoms with Crippen molar-refractivity contribution in [2.24, 2.45) is 5.92 Å². The molecule has 0 radical (unpaired) electrons. The zero-order valence-electron chi connectivity index (χ0n) is 26.1. The van der Waals surface area contributed by atoms with Crippen molar-refractivity contribution in [3.8, 4) is 17.1 Å². The molecule has 0 spiro atoms. The Kier molecular flexibility index (Phi) is 8.61. The molecule has 0 saturated carbocycles. The number of carbonyl (C=O) groups is 1. The second-order valence-corrected chi connectivity index (χ2v) is 14.1. The first-order valence-electron chi connectivity index (χ1n) is 15.4. The molecule has 1 aromatic heterocycles. The standard InChI is InChI=1S/C35H39N5O4S/c1-23(2)18-30-31-22-39(21-26-12-6-5-7-13-26)16-17-40(30)34(41)27-14-9-15-28(19-27)45(42,43)38-35-36-29(20-32(37-35)44-31)33-24(3)10-8-11-25(33)4/h5-15,19-20,23,30-31H,16-18,21-22H2,1-4H3,(H,36,37,38)/t30-,31?/m1/s1. The van der Waals surface area contributed by atoms with E-state index in [9.17, 15) is 13.2 Å². The molecule has 1 amide bonds. The summed E-state index contributed by atoms with van der Waals surface area (Å²) >= 11 is 0. The molecule has 1 saturated heterocycles. The quantitative estimate of drug-likeness (QED) is 0.304. The van der Waals surface area contributed by atoms with Crippen LogP contribution in [0.1, 0.15) is 47.3 Å². The van der Waals surface area contributed by atoms with Crippen molar-refractivity contribution in [2.75, 3.05) is 24.4 Å². The summed E-state index contributed by atoms with van der Waals surface area (Å²) in [7, 11) is -4.12. The van der Waals surface area contributed by atoms with E-state index in [-0.39, 0.29) is 34.6 Å². The van der Waals surface area contributed by atoms with Gasteiger partial charge in [-0.15, -0.1) is 0 Å². The van der Waals surface area contributed by atoms with Crippen LogP contribution in [-0.2, 0) is 16.6 Å². The predicted octanol–water partition coefficient (Wildman–Crippen LogP) is 5.69. The van der Waals surface area contributed by atoms with Crippen LogP contribution in [-0.4, -0.2) is 65.9 Å². The maximum atomic E-state index is 14.3. The molecule has 6 bridgehead atoms. The van der Waals surface area contributed by atoms with E-state index in [1.165, 1.54) is 17.7 Å². The van der Waals surface area contributed by atoms with E-state index in [2.05, 4.69) is 45.6 Å². The molecule has 3 aromatic carbocycles. The summed E-state index contributed by atoms with van der Waals surface area (Å²) in [6, 6.07) is 23.9. The highest BCUT2D eigenvalue weighted by atomic mass is 32.2. The summed E-state index contributed by atoms with van der Waals surface area (Å²) < 4.78 is 36.6. The Bertz CT molecular complexity index is 1790. The number of fused-ring (bicyclic) bond motifs is 6. The van der Waals surface area contributed by atoms with Crippen molar-refractivity contribution in [1.82, 2.24) is 19.8 Å². The summed E-state index contributed by atoms with van der Waals surface area (Å²) in [6.45, 7) is 10.6. The predicted molar refractivity (Wildman–Crippen MR) is 175 cm³/mol. The first-order chi connectivity index (χ1) is 21.6. The van der Waals surface area contributed by atoms with Crippen LogP contribution in [0.2, 0.25) is 0 Å². The van der Waals surface area contributed by atoms with Crippen LogP contribution in [0.3, 0.4) is 0 Å². The number of anilines is 1. The third kappa shape index (κ3) is 6.72. The van der Waals surface area contributed by atoms with Gasteiger partial charge < -0.3 is 9.64 Å². The largest absolute Gasteiger partial charge is 0.471 e. The van der Waals surface area contributed by atoms with Crippen LogP contribution in [0, 0.1) is 19.8 Å². The molecule has 4 aromatic rings. The van der Waals surface area contributed by atoms with Gasteiger partial charge in [0, 0.05) is 43.4 Å². The number of rotatable bonds is 5. The number of nitrogens with one attached hydrogen (secondary N) is 1. The summed E-state index contributed by atoms with van der Waals surface area (Å²) in [5.74, 6) is 0.209. The zero-order chi connectivity index (χ0) is 31.7. The molecule has 2 aliphatic rings.